The molecule has 25 heavy (non-hydrogen) atoms. The Hall–Kier alpha value is -1.91. The summed E-state index contributed by atoms with van der Waals surface area (Å²) < 4.78 is 11.3. The fourth-order valence-corrected chi connectivity index (χ4v) is 2.94. The van der Waals surface area contributed by atoms with Crippen molar-refractivity contribution in [3.8, 4) is 0 Å². The number of carbonyl (C=O) groups excluding carboxylic acids is 1. The van der Waals surface area contributed by atoms with E-state index in [1.54, 1.807) is 0 Å². The van der Waals surface area contributed by atoms with E-state index in [1.807, 2.05) is 45.9 Å². The van der Waals surface area contributed by atoms with Crippen LogP contribution in [0.5, 0.6) is 0 Å². The van der Waals surface area contributed by atoms with Crippen molar-refractivity contribution in [1.82, 2.24) is 5.32 Å². The molecule has 2 aromatic carbocycles. The topological polar surface area (TPSA) is 47.6 Å². The molecule has 2 aromatic rings. The lowest BCUT2D eigenvalue weighted by molar-refractivity contribution is -0.175. The van der Waals surface area contributed by atoms with Gasteiger partial charge in [0.05, 0.1) is 0 Å². The quantitative estimate of drug-likeness (QED) is 0.697. The van der Waals surface area contributed by atoms with Crippen molar-refractivity contribution in [3.05, 3.63) is 48.0 Å². The zero-order chi connectivity index (χ0) is 18.2. The third kappa shape index (κ3) is 5.03. The number of ether oxygens (including phenoxy) is 2. The first kappa shape index (κ1) is 19.4. The summed E-state index contributed by atoms with van der Waals surface area (Å²) in [5, 5.41) is 5.42. The van der Waals surface area contributed by atoms with E-state index in [1.165, 1.54) is 10.8 Å². The summed E-state index contributed by atoms with van der Waals surface area (Å²) >= 11 is 0. The number of amides is 1. The van der Waals surface area contributed by atoms with Crippen LogP contribution in [0.15, 0.2) is 42.5 Å². The zero-order valence-corrected chi connectivity index (χ0v) is 15.6. The highest BCUT2D eigenvalue weighted by Crippen LogP contribution is 2.21. The van der Waals surface area contributed by atoms with Gasteiger partial charge in [-0.25, -0.2) is 0 Å². The number of nitrogens with one attached hydrogen (secondary N) is 1. The first-order chi connectivity index (χ1) is 12.1. The van der Waals surface area contributed by atoms with Gasteiger partial charge in [-0.2, -0.15) is 0 Å². The third-order valence-corrected chi connectivity index (χ3v) is 4.63. The maximum atomic E-state index is 12.6. The molecule has 0 saturated heterocycles. The Morgan fingerprint density at radius 1 is 1.00 bits per heavy atom. The smallest absolute Gasteiger partial charge is 0.223 e. The lowest BCUT2D eigenvalue weighted by Gasteiger charge is -2.27. The fourth-order valence-electron chi connectivity index (χ4n) is 2.94. The normalized spacial score (nSPS) is 13.8. The summed E-state index contributed by atoms with van der Waals surface area (Å²) in [4.78, 5) is 12.6. The first-order valence-electron chi connectivity index (χ1n) is 9.06. The van der Waals surface area contributed by atoms with Crippen molar-refractivity contribution < 1.29 is 14.3 Å². The Bertz CT molecular complexity index is 674. The van der Waals surface area contributed by atoms with Crippen molar-refractivity contribution in [2.24, 2.45) is 11.8 Å². The highest BCUT2D eigenvalue weighted by atomic mass is 16.7. The van der Waals surface area contributed by atoms with E-state index >= 15 is 0 Å². The lowest BCUT2D eigenvalue weighted by atomic mass is 9.94. The summed E-state index contributed by atoms with van der Waals surface area (Å²) in [6.45, 7) is 9.45. The van der Waals surface area contributed by atoms with Gasteiger partial charge in [-0.3, -0.25) is 4.79 Å². The Morgan fingerprint density at radius 2 is 1.64 bits per heavy atom. The number of benzene rings is 2. The van der Waals surface area contributed by atoms with Gasteiger partial charge in [0.15, 0.2) is 6.29 Å². The molecule has 0 aliphatic carbocycles. The predicted octanol–water partition coefficient (Wildman–Crippen LogP) is 4.13. The van der Waals surface area contributed by atoms with E-state index in [2.05, 4.69) is 29.6 Å². The fraction of sp³-hybridized carbons (Fsp3) is 0.476. The van der Waals surface area contributed by atoms with E-state index in [9.17, 15) is 4.79 Å². The van der Waals surface area contributed by atoms with Crippen molar-refractivity contribution in [2.75, 3.05) is 13.2 Å². The highest BCUT2D eigenvalue weighted by molar-refractivity contribution is 5.86. The largest absolute Gasteiger partial charge is 0.353 e. The molecule has 4 nitrogen and oxygen atoms in total. The number of fused-ring (bicyclic) bond motifs is 1. The van der Waals surface area contributed by atoms with E-state index in [0.29, 0.717) is 19.8 Å². The second-order valence-electron chi connectivity index (χ2n) is 6.28. The van der Waals surface area contributed by atoms with E-state index in [-0.39, 0.29) is 24.0 Å². The van der Waals surface area contributed by atoms with Gasteiger partial charge >= 0.3 is 0 Å². The van der Waals surface area contributed by atoms with Crippen molar-refractivity contribution in [1.29, 1.82) is 0 Å². The minimum Gasteiger partial charge on any atom is -0.353 e. The molecule has 0 aromatic heterocycles. The summed E-state index contributed by atoms with van der Waals surface area (Å²) in [7, 11) is 0. The van der Waals surface area contributed by atoms with Crippen molar-refractivity contribution in [3.63, 3.8) is 0 Å². The van der Waals surface area contributed by atoms with Gasteiger partial charge < -0.3 is 14.8 Å². The standard InChI is InChI=1S/C21H29NO3/c1-5-24-21(25-6-2)16(4)15(3)20(23)22-14-18-12-9-11-17-10-7-8-13-19(17)18/h7-13,15-16,21H,5-6,14H2,1-4H3,(H,22,23)/t15?,16-/m0/s1. The molecule has 0 spiro atoms. The van der Waals surface area contributed by atoms with Gasteiger partial charge in [0, 0.05) is 31.6 Å². The second-order valence-corrected chi connectivity index (χ2v) is 6.28. The molecule has 0 aliphatic heterocycles. The monoisotopic (exact) mass is 343 g/mol. The lowest BCUT2D eigenvalue weighted by Crippen LogP contribution is -2.38. The van der Waals surface area contributed by atoms with Crippen LogP contribution in [0.1, 0.15) is 33.3 Å². The number of rotatable bonds is 9. The molecule has 0 bridgehead atoms. The van der Waals surface area contributed by atoms with Crippen LogP contribution in [0, 0.1) is 11.8 Å². The number of carbonyl (C=O) groups is 1. The van der Waals surface area contributed by atoms with E-state index < -0.39 is 0 Å². The molecule has 0 heterocycles. The molecule has 0 fully saturated rings. The van der Waals surface area contributed by atoms with Crippen LogP contribution in [0.4, 0.5) is 0 Å². The summed E-state index contributed by atoms with van der Waals surface area (Å²) in [5.41, 5.74) is 1.12. The van der Waals surface area contributed by atoms with Gasteiger partial charge in [0.25, 0.3) is 0 Å². The summed E-state index contributed by atoms with van der Waals surface area (Å²) in [6.07, 6.45) is -0.353. The van der Waals surface area contributed by atoms with Crippen LogP contribution in [0.25, 0.3) is 10.8 Å². The minimum absolute atomic E-state index is 0.0184. The number of hydrogen-bond donors (Lipinski definition) is 1. The molecule has 4 heteroatoms. The molecule has 0 radical (unpaired) electrons. The summed E-state index contributed by atoms with van der Waals surface area (Å²) in [5.74, 6) is -0.199. The Kier molecular flexibility index (Phi) is 7.41. The zero-order valence-electron chi connectivity index (χ0n) is 15.6. The van der Waals surface area contributed by atoms with Crippen LogP contribution in [0.3, 0.4) is 0 Å². The molecule has 1 amide bonds. The maximum absolute atomic E-state index is 12.6. The molecular formula is C21H29NO3. The Morgan fingerprint density at radius 3 is 2.32 bits per heavy atom. The van der Waals surface area contributed by atoms with Crippen LogP contribution in [0.2, 0.25) is 0 Å². The molecule has 1 unspecified atom stereocenters. The minimum atomic E-state index is -0.353. The van der Waals surface area contributed by atoms with Crippen molar-refractivity contribution in [2.45, 2.75) is 40.5 Å². The average molecular weight is 343 g/mol. The van der Waals surface area contributed by atoms with E-state index in [0.717, 1.165) is 5.56 Å². The van der Waals surface area contributed by atoms with Gasteiger partial charge in [-0.1, -0.05) is 56.3 Å². The molecule has 1 N–H and O–H groups in total. The third-order valence-electron chi connectivity index (χ3n) is 4.63. The van der Waals surface area contributed by atoms with Gasteiger partial charge in [-0.05, 0) is 30.2 Å². The van der Waals surface area contributed by atoms with Crippen LogP contribution in [-0.4, -0.2) is 25.4 Å². The van der Waals surface area contributed by atoms with Gasteiger partial charge in [0.2, 0.25) is 5.91 Å². The number of hydrogen-bond acceptors (Lipinski definition) is 3. The van der Waals surface area contributed by atoms with Crippen LogP contribution in [-0.2, 0) is 20.8 Å². The molecule has 2 atom stereocenters. The molecule has 0 aliphatic rings. The van der Waals surface area contributed by atoms with Crippen LogP contribution >= 0.6 is 0 Å². The van der Waals surface area contributed by atoms with Gasteiger partial charge in [0.1, 0.15) is 0 Å². The molecule has 2 rings (SSSR count). The summed E-state index contributed by atoms with van der Waals surface area (Å²) in [6, 6.07) is 14.4. The van der Waals surface area contributed by atoms with Crippen LogP contribution < -0.4 is 5.32 Å². The van der Waals surface area contributed by atoms with Crippen molar-refractivity contribution >= 4 is 16.7 Å². The molecular weight excluding hydrogens is 314 g/mol. The first-order valence-corrected chi connectivity index (χ1v) is 9.06. The molecule has 0 saturated carbocycles. The highest BCUT2D eigenvalue weighted by Gasteiger charge is 2.28. The average Bonchev–Trinajstić information content (AvgIpc) is 2.64. The second kappa shape index (κ2) is 9.54. The molecule has 136 valence electrons. The Balaban J connectivity index is 2.00. The van der Waals surface area contributed by atoms with E-state index in [4.69, 9.17) is 9.47 Å². The predicted molar refractivity (Wildman–Crippen MR) is 101 cm³/mol. The SMILES string of the molecule is CCOC(OCC)[C@@H](C)C(C)C(=O)NCc1cccc2ccccc12. The maximum Gasteiger partial charge on any atom is 0.223 e. The van der Waals surface area contributed by atoms with Gasteiger partial charge in [-0.15, -0.1) is 0 Å². The Labute approximate surface area is 150 Å².